The van der Waals surface area contributed by atoms with Crippen molar-refractivity contribution in [2.75, 3.05) is 0 Å². The molecule has 0 aromatic rings. The third-order valence-corrected chi connectivity index (χ3v) is 0. The molecule has 5 heteroatoms. The maximum atomic E-state index is 0. The Balaban J connectivity index is 0. The van der Waals surface area contributed by atoms with E-state index in [1.165, 1.54) is 0 Å². The molecule has 0 atom stereocenters. The van der Waals surface area contributed by atoms with Crippen molar-refractivity contribution in [1.82, 2.24) is 0 Å². The maximum absolute atomic E-state index is 0. The van der Waals surface area contributed by atoms with Crippen LogP contribution in [0.25, 0.3) is 0 Å². The fourth-order valence-electron chi connectivity index (χ4n) is 0. The number of hydrogen-bond acceptors (Lipinski definition) is 0. The number of rotatable bonds is 0. The van der Waals surface area contributed by atoms with Gasteiger partial charge in [-0.2, -0.15) is 0 Å². The summed E-state index contributed by atoms with van der Waals surface area (Å²) < 4.78 is 0. The molecular formula is H2ClO3V-5. The maximum Gasteiger partial charge on any atom is 0.0903 e. The molecule has 0 heterocycles. The summed E-state index contributed by atoms with van der Waals surface area (Å²) in [5.74, 6) is 0. The monoisotopic (exact) mass is 136 g/mol. The first-order chi connectivity index (χ1) is 0. The molecular weight excluding hydrogens is 134 g/mol. The first kappa shape index (κ1) is 229. The van der Waals surface area contributed by atoms with Crippen LogP contribution in [0.5, 0.6) is 0 Å². The van der Waals surface area contributed by atoms with E-state index in [1.807, 2.05) is 0 Å². The smallest absolute Gasteiger partial charge is 0.0903 e. The van der Waals surface area contributed by atoms with Gasteiger partial charge >= 0.3 is 0 Å². The fourth-order valence-corrected chi connectivity index (χ4v) is 0. The molecule has 0 aliphatic heterocycles. The molecule has 3 nitrogen and oxygen atoms in total. The van der Waals surface area contributed by atoms with Crippen molar-refractivity contribution in [3.63, 3.8) is 0 Å². The Hall–Kier alpha value is 0.754. The Morgan fingerprint density at radius 2 is 0.600 bits per heavy atom. The van der Waals surface area contributed by atoms with Gasteiger partial charge in [-0.15, -0.1) is 0 Å². The second-order valence-corrected chi connectivity index (χ2v) is 0. The van der Waals surface area contributed by atoms with Crippen molar-refractivity contribution in [2.45, 2.75) is 0 Å². The fraction of sp³-hybridized carbons (Fsp3) is 0. The zero-order valence-electron chi connectivity index (χ0n) is 2.12. The zero-order chi connectivity index (χ0) is 0. The molecule has 0 N–H and O–H groups in total. The van der Waals surface area contributed by atoms with Crippen LogP contribution in [0.4, 0.5) is 0 Å². The van der Waals surface area contributed by atoms with E-state index < -0.39 is 0 Å². The summed E-state index contributed by atoms with van der Waals surface area (Å²) in [7, 11) is 0. The molecule has 0 saturated carbocycles. The van der Waals surface area contributed by atoms with E-state index in [0.29, 0.717) is 0 Å². The molecule has 37 valence electrons. The number of halogens is 1. The summed E-state index contributed by atoms with van der Waals surface area (Å²) in [6, 6.07) is 0. The van der Waals surface area contributed by atoms with E-state index in [4.69, 9.17) is 0 Å². The van der Waals surface area contributed by atoms with E-state index in [2.05, 4.69) is 0 Å². The van der Waals surface area contributed by atoms with E-state index in [0.717, 1.165) is 0 Å². The molecule has 0 fully saturated rings. The van der Waals surface area contributed by atoms with Gasteiger partial charge in [0.1, 0.15) is 0 Å². The quantitative estimate of drug-likeness (QED) is 0.414. The molecule has 0 spiro atoms. The van der Waals surface area contributed by atoms with Gasteiger partial charge in [-0.25, -0.2) is 0 Å². The van der Waals surface area contributed by atoms with Crippen molar-refractivity contribution < 1.29 is 47.4 Å². The Morgan fingerprint density at radius 3 is 0.600 bits per heavy atom. The molecule has 5 heavy (non-hydrogen) atoms. The SMILES string of the molecule is [ClH2+].[O-2].[O-2].[O-2].[V]. The van der Waals surface area contributed by atoms with Gasteiger partial charge in [0.05, 0.1) is 12.4 Å². The van der Waals surface area contributed by atoms with Gasteiger partial charge in [-0.3, -0.25) is 0 Å². The average molecular weight is 136 g/mol. The topological polar surface area (TPSA) is 85.5 Å². The minimum atomic E-state index is 0. The normalized spacial score (nSPS) is 0. The van der Waals surface area contributed by atoms with Gasteiger partial charge in [0.25, 0.3) is 0 Å². The Labute approximate surface area is 48.0 Å². The van der Waals surface area contributed by atoms with Crippen LogP contribution in [0.1, 0.15) is 0 Å². The van der Waals surface area contributed by atoms with Crippen LogP contribution in [0, 0.1) is 12.4 Å². The average Bonchev–Trinajstić information content (AvgIpc) is 0. The van der Waals surface area contributed by atoms with Crippen LogP contribution >= 0.6 is 0 Å². The van der Waals surface area contributed by atoms with Crippen LogP contribution in [-0.2, 0) is 35.0 Å². The molecule has 1 radical (unpaired) electrons. The van der Waals surface area contributed by atoms with E-state index in [-0.39, 0.29) is 47.4 Å². The van der Waals surface area contributed by atoms with Crippen LogP contribution in [0.15, 0.2) is 0 Å². The van der Waals surface area contributed by atoms with Crippen molar-refractivity contribution >= 4 is 0 Å². The molecule has 0 unspecified atom stereocenters. The summed E-state index contributed by atoms with van der Waals surface area (Å²) in [5, 5.41) is 0. The molecule has 0 bridgehead atoms. The van der Waals surface area contributed by atoms with Crippen LogP contribution in [0.2, 0.25) is 0 Å². The van der Waals surface area contributed by atoms with E-state index >= 15 is 0 Å². The largest absolute Gasteiger partial charge is 2.00 e. The predicted octanol–water partition coefficient (Wildman–Crippen LogP) is -0.894. The van der Waals surface area contributed by atoms with Gasteiger partial charge in [-0.1, -0.05) is 0 Å². The van der Waals surface area contributed by atoms with Crippen molar-refractivity contribution in [3.05, 3.63) is 0 Å². The van der Waals surface area contributed by atoms with E-state index in [9.17, 15) is 0 Å². The Morgan fingerprint density at radius 1 is 0.600 bits per heavy atom. The molecule has 0 saturated heterocycles. The number of hydrogen-bond donors (Lipinski definition) is 0. The third-order valence-electron chi connectivity index (χ3n) is 0. The predicted molar refractivity (Wildman–Crippen MR) is 4.85 cm³/mol. The minimum absolute atomic E-state index is 0. The van der Waals surface area contributed by atoms with Crippen LogP contribution < -0.4 is 0 Å². The van der Waals surface area contributed by atoms with Crippen LogP contribution in [-0.4, -0.2) is 0 Å². The summed E-state index contributed by atoms with van der Waals surface area (Å²) in [5.41, 5.74) is 0. The summed E-state index contributed by atoms with van der Waals surface area (Å²) >= 11 is 0. The van der Waals surface area contributed by atoms with Crippen molar-refractivity contribution in [2.24, 2.45) is 0 Å². The molecule has 0 aromatic heterocycles. The van der Waals surface area contributed by atoms with Crippen molar-refractivity contribution in [3.8, 4) is 0 Å². The summed E-state index contributed by atoms with van der Waals surface area (Å²) in [6.45, 7) is 0. The molecule has 0 rings (SSSR count). The van der Waals surface area contributed by atoms with Gasteiger partial charge in [0, 0.05) is 18.6 Å². The minimum Gasteiger partial charge on any atom is -2.00 e. The Bertz CT molecular complexity index is 6.85. The van der Waals surface area contributed by atoms with Crippen molar-refractivity contribution in [1.29, 1.82) is 0 Å². The molecule has 0 aliphatic rings. The molecule has 0 aromatic carbocycles. The molecule has 0 amide bonds. The van der Waals surface area contributed by atoms with Gasteiger partial charge in [0.2, 0.25) is 0 Å². The van der Waals surface area contributed by atoms with E-state index in [1.54, 1.807) is 0 Å². The first-order valence-electron chi connectivity index (χ1n) is 0. The van der Waals surface area contributed by atoms with Crippen LogP contribution in [0.3, 0.4) is 0 Å². The zero-order valence-corrected chi connectivity index (χ0v) is 4.41. The second-order valence-electron chi connectivity index (χ2n) is 0. The summed E-state index contributed by atoms with van der Waals surface area (Å²) in [6.07, 6.45) is 0. The second kappa shape index (κ2) is 118. The molecule has 0 aliphatic carbocycles. The van der Waals surface area contributed by atoms with Gasteiger partial charge in [-0.05, 0) is 0 Å². The Kier molecular flexibility index (Phi) is 5380. The first-order valence-corrected chi connectivity index (χ1v) is 0. The van der Waals surface area contributed by atoms with Gasteiger partial charge in [0.15, 0.2) is 0 Å². The van der Waals surface area contributed by atoms with Gasteiger partial charge < -0.3 is 16.4 Å². The third kappa shape index (κ3) is 63.4. The standard InChI is InChI=1S/ClH2.3O.V/h1H2;;;;/q+1;3*-2;. The summed E-state index contributed by atoms with van der Waals surface area (Å²) in [4.78, 5) is 0.